The van der Waals surface area contributed by atoms with Crippen molar-refractivity contribution in [2.45, 2.75) is 13.8 Å². The summed E-state index contributed by atoms with van der Waals surface area (Å²) in [5, 5.41) is 5.67. The van der Waals surface area contributed by atoms with Gasteiger partial charge in [-0.25, -0.2) is 9.67 Å². The highest BCUT2D eigenvalue weighted by atomic mass is 15.3. The van der Waals surface area contributed by atoms with Crippen molar-refractivity contribution in [2.24, 2.45) is 0 Å². The highest BCUT2D eigenvalue weighted by Crippen LogP contribution is 2.20. The number of para-hydroxylation sites is 1. The Kier molecular flexibility index (Phi) is 2.18. The van der Waals surface area contributed by atoms with E-state index in [0.29, 0.717) is 0 Å². The summed E-state index contributed by atoms with van der Waals surface area (Å²) in [5.41, 5.74) is 4.13. The Bertz CT molecular complexity index is 669. The maximum Gasteiger partial charge on any atom is 0.163 e. The Labute approximate surface area is 99.7 Å². The number of aryl methyl sites for hydroxylation is 2. The molecule has 0 aliphatic rings. The minimum Gasteiger partial charge on any atom is -0.236 e. The summed E-state index contributed by atoms with van der Waals surface area (Å²) in [6.45, 7) is 4.06. The third-order valence-corrected chi connectivity index (χ3v) is 2.84. The maximum absolute atomic E-state index is 4.56. The Morgan fingerprint density at radius 2 is 1.82 bits per heavy atom. The highest BCUT2D eigenvalue weighted by molar-refractivity contribution is 5.80. The fraction of sp³-hybridized carbons (Fsp3) is 0.143. The van der Waals surface area contributed by atoms with E-state index in [-0.39, 0.29) is 0 Å². The quantitative estimate of drug-likeness (QED) is 0.634. The van der Waals surface area contributed by atoms with Crippen molar-refractivity contribution in [2.75, 3.05) is 0 Å². The van der Waals surface area contributed by atoms with Crippen LogP contribution in [0.15, 0.2) is 42.6 Å². The monoisotopic (exact) mass is 223 g/mol. The molecule has 2 heterocycles. The van der Waals surface area contributed by atoms with E-state index in [4.69, 9.17) is 0 Å². The van der Waals surface area contributed by atoms with Crippen molar-refractivity contribution >= 4 is 11.0 Å². The molecular weight excluding hydrogens is 210 g/mol. The topological polar surface area (TPSA) is 30.7 Å². The first-order valence-corrected chi connectivity index (χ1v) is 5.63. The van der Waals surface area contributed by atoms with Gasteiger partial charge in [0.25, 0.3) is 0 Å². The van der Waals surface area contributed by atoms with E-state index in [0.717, 1.165) is 28.0 Å². The van der Waals surface area contributed by atoms with Gasteiger partial charge in [0.2, 0.25) is 0 Å². The molecule has 0 saturated heterocycles. The van der Waals surface area contributed by atoms with Crippen LogP contribution in [0.1, 0.15) is 11.3 Å². The molecule has 0 aliphatic carbocycles. The third kappa shape index (κ3) is 1.60. The minimum atomic E-state index is 0.916. The fourth-order valence-corrected chi connectivity index (χ4v) is 2.00. The Morgan fingerprint density at radius 3 is 2.59 bits per heavy atom. The smallest absolute Gasteiger partial charge is 0.163 e. The Hall–Kier alpha value is -2.16. The minimum absolute atomic E-state index is 0.916. The second-order valence-electron chi connectivity index (χ2n) is 4.22. The number of rotatable bonds is 1. The predicted octanol–water partition coefficient (Wildman–Crippen LogP) is 3.04. The predicted molar refractivity (Wildman–Crippen MR) is 68.3 cm³/mol. The van der Waals surface area contributed by atoms with Gasteiger partial charge in [0.1, 0.15) is 0 Å². The van der Waals surface area contributed by atoms with Gasteiger partial charge in [-0.3, -0.25) is 0 Å². The molecule has 0 saturated carbocycles. The van der Waals surface area contributed by atoms with Gasteiger partial charge in [0.15, 0.2) is 5.65 Å². The lowest BCUT2D eigenvalue weighted by Crippen LogP contribution is -1.97. The average Bonchev–Trinajstić information content (AvgIpc) is 2.68. The Balaban J connectivity index is 2.32. The van der Waals surface area contributed by atoms with Gasteiger partial charge < -0.3 is 0 Å². The van der Waals surface area contributed by atoms with E-state index in [1.807, 2.05) is 55.1 Å². The second kappa shape index (κ2) is 3.70. The lowest BCUT2D eigenvalue weighted by molar-refractivity contribution is 0.877. The Morgan fingerprint density at radius 1 is 1.06 bits per heavy atom. The molecule has 3 rings (SSSR count). The van der Waals surface area contributed by atoms with E-state index in [1.165, 1.54) is 0 Å². The molecule has 0 spiro atoms. The van der Waals surface area contributed by atoms with Crippen LogP contribution in [0, 0.1) is 13.8 Å². The van der Waals surface area contributed by atoms with Crippen LogP contribution in [0.5, 0.6) is 0 Å². The van der Waals surface area contributed by atoms with E-state index >= 15 is 0 Å². The van der Waals surface area contributed by atoms with Crippen LogP contribution in [-0.4, -0.2) is 14.8 Å². The van der Waals surface area contributed by atoms with Crippen molar-refractivity contribution in [3.63, 3.8) is 0 Å². The summed E-state index contributed by atoms with van der Waals surface area (Å²) in [6.07, 6.45) is 1.88. The lowest BCUT2D eigenvalue weighted by atomic mass is 10.2. The molecule has 1 aromatic carbocycles. The van der Waals surface area contributed by atoms with Gasteiger partial charge in [-0.2, -0.15) is 5.10 Å². The first kappa shape index (κ1) is 10.0. The lowest BCUT2D eigenvalue weighted by Gasteiger charge is -2.01. The van der Waals surface area contributed by atoms with E-state index < -0.39 is 0 Å². The second-order valence-corrected chi connectivity index (χ2v) is 4.22. The molecule has 0 fully saturated rings. The summed E-state index contributed by atoms with van der Waals surface area (Å²) in [6, 6.07) is 12.2. The fourth-order valence-electron chi connectivity index (χ4n) is 2.00. The zero-order valence-electron chi connectivity index (χ0n) is 9.88. The SMILES string of the molecule is Cc1cnc2c(c1)c(C)nn2-c1ccccc1. The van der Waals surface area contributed by atoms with Crippen LogP contribution in [-0.2, 0) is 0 Å². The largest absolute Gasteiger partial charge is 0.236 e. The first-order chi connectivity index (χ1) is 8.25. The molecule has 3 heteroatoms. The number of aromatic nitrogens is 3. The molecule has 17 heavy (non-hydrogen) atoms. The van der Waals surface area contributed by atoms with Gasteiger partial charge in [-0.1, -0.05) is 18.2 Å². The van der Waals surface area contributed by atoms with Crippen molar-refractivity contribution in [1.82, 2.24) is 14.8 Å². The van der Waals surface area contributed by atoms with Crippen molar-refractivity contribution in [3.05, 3.63) is 53.9 Å². The summed E-state index contributed by atoms with van der Waals surface area (Å²) in [4.78, 5) is 4.48. The zero-order chi connectivity index (χ0) is 11.8. The zero-order valence-corrected chi connectivity index (χ0v) is 9.88. The van der Waals surface area contributed by atoms with Gasteiger partial charge in [0.05, 0.1) is 11.4 Å². The van der Waals surface area contributed by atoms with Crippen LogP contribution in [0.25, 0.3) is 16.7 Å². The molecule has 0 unspecified atom stereocenters. The van der Waals surface area contributed by atoms with E-state index in [2.05, 4.69) is 16.1 Å². The maximum atomic E-state index is 4.56. The molecule has 84 valence electrons. The molecule has 0 aliphatic heterocycles. The summed E-state index contributed by atoms with van der Waals surface area (Å²) in [7, 11) is 0. The third-order valence-electron chi connectivity index (χ3n) is 2.84. The molecule has 0 bridgehead atoms. The number of pyridine rings is 1. The summed E-state index contributed by atoms with van der Waals surface area (Å²) >= 11 is 0. The average molecular weight is 223 g/mol. The van der Waals surface area contributed by atoms with Crippen LogP contribution >= 0.6 is 0 Å². The number of fused-ring (bicyclic) bond motifs is 1. The molecule has 3 nitrogen and oxygen atoms in total. The van der Waals surface area contributed by atoms with Crippen LogP contribution in [0.4, 0.5) is 0 Å². The van der Waals surface area contributed by atoms with Gasteiger partial charge in [0, 0.05) is 11.6 Å². The summed E-state index contributed by atoms with van der Waals surface area (Å²) < 4.78 is 1.89. The number of hydrogen-bond donors (Lipinski definition) is 0. The molecule has 0 radical (unpaired) electrons. The molecule has 0 amide bonds. The van der Waals surface area contributed by atoms with Gasteiger partial charge >= 0.3 is 0 Å². The van der Waals surface area contributed by atoms with Crippen LogP contribution in [0.3, 0.4) is 0 Å². The first-order valence-electron chi connectivity index (χ1n) is 5.63. The van der Waals surface area contributed by atoms with Crippen molar-refractivity contribution < 1.29 is 0 Å². The molecule has 2 aromatic heterocycles. The van der Waals surface area contributed by atoms with E-state index in [9.17, 15) is 0 Å². The molecular formula is C14H13N3. The van der Waals surface area contributed by atoms with Gasteiger partial charge in [-0.05, 0) is 37.6 Å². The highest BCUT2D eigenvalue weighted by Gasteiger charge is 2.09. The van der Waals surface area contributed by atoms with Gasteiger partial charge in [-0.15, -0.1) is 0 Å². The normalized spacial score (nSPS) is 10.9. The van der Waals surface area contributed by atoms with Crippen molar-refractivity contribution in [3.8, 4) is 5.69 Å². The molecule has 0 N–H and O–H groups in total. The summed E-state index contributed by atoms with van der Waals surface area (Å²) in [5.74, 6) is 0. The van der Waals surface area contributed by atoms with Crippen molar-refractivity contribution in [1.29, 1.82) is 0 Å². The van der Waals surface area contributed by atoms with E-state index in [1.54, 1.807) is 0 Å². The van der Waals surface area contributed by atoms with Crippen LogP contribution < -0.4 is 0 Å². The number of hydrogen-bond acceptors (Lipinski definition) is 2. The molecule has 0 atom stereocenters. The number of nitrogens with zero attached hydrogens (tertiary/aromatic N) is 3. The standard InChI is InChI=1S/C14H13N3/c1-10-8-13-11(2)16-17(14(13)15-9-10)12-6-4-3-5-7-12/h3-9H,1-2H3. The van der Waals surface area contributed by atoms with Crippen LogP contribution in [0.2, 0.25) is 0 Å². The number of benzene rings is 1. The molecule has 3 aromatic rings.